The van der Waals surface area contributed by atoms with Crippen molar-refractivity contribution in [1.29, 1.82) is 0 Å². The number of aromatic nitrogens is 3. The zero-order valence-corrected chi connectivity index (χ0v) is 8.64. The first-order valence-electron chi connectivity index (χ1n) is 4.66. The van der Waals surface area contributed by atoms with Gasteiger partial charge < -0.3 is 0 Å². The Hall–Kier alpha value is -1.97. The average Bonchev–Trinajstić information content (AvgIpc) is 2.60. The summed E-state index contributed by atoms with van der Waals surface area (Å²) in [5.41, 5.74) is 2.07. The zero-order chi connectivity index (χ0) is 10.8. The summed E-state index contributed by atoms with van der Waals surface area (Å²) < 4.78 is 1.66. The highest BCUT2D eigenvalue weighted by Gasteiger charge is 2.06. The topological polar surface area (TPSA) is 47.8 Å². The molecule has 0 N–H and O–H groups in total. The molecule has 0 saturated heterocycles. The highest BCUT2D eigenvalue weighted by molar-refractivity contribution is 5.68. The van der Waals surface area contributed by atoms with Gasteiger partial charge in [0.25, 0.3) is 0 Å². The van der Waals surface area contributed by atoms with Gasteiger partial charge in [-0.25, -0.2) is 9.67 Å². The number of aldehydes is 1. The van der Waals surface area contributed by atoms with Crippen LogP contribution in [0.4, 0.5) is 0 Å². The van der Waals surface area contributed by atoms with E-state index in [0.717, 1.165) is 11.3 Å². The molecule has 15 heavy (non-hydrogen) atoms. The van der Waals surface area contributed by atoms with Crippen molar-refractivity contribution in [3.8, 4) is 5.69 Å². The zero-order valence-electron chi connectivity index (χ0n) is 8.64. The lowest BCUT2D eigenvalue weighted by atomic mass is 10.2. The van der Waals surface area contributed by atoms with Crippen LogP contribution < -0.4 is 0 Å². The Morgan fingerprint density at radius 3 is 2.73 bits per heavy atom. The molecule has 0 aliphatic rings. The first-order valence-corrected chi connectivity index (χ1v) is 4.66. The van der Waals surface area contributed by atoms with Gasteiger partial charge >= 0.3 is 0 Å². The maximum atomic E-state index is 10.5. The standard InChI is InChI=1S/C11H11N3O/c1-8-4-3-5-10(6-8)14-9(2)12-11(7-15)13-14/h3-7H,1-2H3. The molecule has 0 saturated carbocycles. The molecule has 0 bridgehead atoms. The SMILES string of the molecule is Cc1cccc(-n2nc(C=O)nc2C)c1. The lowest BCUT2D eigenvalue weighted by molar-refractivity contribution is 0.111. The summed E-state index contributed by atoms with van der Waals surface area (Å²) in [4.78, 5) is 14.6. The second-order valence-electron chi connectivity index (χ2n) is 3.39. The second-order valence-corrected chi connectivity index (χ2v) is 3.39. The van der Waals surface area contributed by atoms with E-state index in [1.165, 1.54) is 0 Å². The predicted molar refractivity (Wildman–Crippen MR) is 56.2 cm³/mol. The van der Waals surface area contributed by atoms with Gasteiger partial charge in [-0.15, -0.1) is 5.10 Å². The van der Waals surface area contributed by atoms with E-state index in [4.69, 9.17) is 0 Å². The van der Waals surface area contributed by atoms with Gasteiger partial charge in [0.05, 0.1) is 5.69 Å². The molecule has 2 aromatic rings. The van der Waals surface area contributed by atoms with Gasteiger partial charge in [-0.05, 0) is 31.5 Å². The van der Waals surface area contributed by atoms with Crippen LogP contribution in [0.1, 0.15) is 22.0 Å². The first kappa shape index (κ1) is 9.58. The minimum atomic E-state index is 0.217. The summed E-state index contributed by atoms with van der Waals surface area (Å²) in [6.07, 6.45) is 0.652. The number of rotatable bonds is 2. The van der Waals surface area contributed by atoms with Crippen molar-refractivity contribution in [2.24, 2.45) is 0 Å². The molecule has 0 amide bonds. The molecule has 2 rings (SSSR count). The summed E-state index contributed by atoms with van der Waals surface area (Å²) in [5.74, 6) is 0.928. The van der Waals surface area contributed by atoms with Crippen molar-refractivity contribution < 1.29 is 4.79 Å². The lowest BCUT2D eigenvalue weighted by Gasteiger charge is -2.02. The van der Waals surface area contributed by atoms with E-state index in [1.54, 1.807) is 4.68 Å². The van der Waals surface area contributed by atoms with Gasteiger partial charge in [-0.3, -0.25) is 4.79 Å². The van der Waals surface area contributed by atoms with E-state index in [1.807, 2.05) is 38.1 Å². The number of hydrogen-bond acceptors (Lipinski definition) is 3. The summed E-state index contributed by atoms with van der Waals surface area (Å²) >= 11 is 0. The maximum Gasteiger partial charge on any atom is 0.214 e. The fourth-order valence-corrected chi connectivity index (χ4v) is 1.46. The van der Waals surface area contributed by atoms with E-state index in [2.05, 4.69) is 10.1 Å². The molecule has 0 atom stereocenters. The molecule has 0 spiro atoms. The molecule has 0 radical (unpaired) electrons. The fraction of sp³-hybridized carbons (Fsp3) is 0.182. The largest absolute Gasteiger partial charge is 0.294 e. The van der Waals surface area contributed by atoms with Crippen LogP contribution in [-0.2, 0) is 0 Å². The van der Waals surface area contributed by atoms with Gasteiger partial charge in [-0.2, -0.15) is 0 Å². The van der Waals surface area contributed by atoms with Crippen LogP contribution in [0.25, 0.3) is 5.69 Å². The maximum absolute atomic E-state index is 10.5. The summed E-state index contributed by atoms with van der Waals surface area (Å²) in [6, 6.07) is 7.89. The summed E-state index contributed by atoms with van der Waals surface area (Å²) in [6.45, 7) is 3.83. The Morgan fingerprint density at radius 2 is 2.13 bits per heavy atom. The van der Waals surface area contributed by atoms with Crippen molar-refractivity contribution >= 4 is 6.29 Å². The highest BCUT2D eigenvalue weighted by Crippen LogP contribution is 2.10. The monoisotopic (exact) mass is 201 g/mol. The summed E-state index contributed by atoms with van der Waals surface area (Å²) in [5, 5.41) is 4.08. The van der Waals surface area contributed by atoms with Crippen LogP contribution in [-0.4, -0.2) is 21.1 Å². The Labute approximate surface area is 87.6 Å². The van der Waals surface area contributed by atoms with Crippen LogP contribution in [0.5, 0.6) is 0 Å². The quantitative estimate of drug-likeness (QED) is 0.695. The average molecular weight is 201 g/mol. The molecule has 0 aliphatic heterocycles. The minimum absolute atomic E-state index is 0.217. The Balaban J connectivity index is 2.53. The van der Waals surface area contributed by atoms with Crippen LogP contribution in [0.15, 0.2) is 24.3 Å². The predicted octanol–water partition coefficient (Wildman–Crippen LogP) is 1.70. The first-order chi connectivity index (χ1) is 7.20. The molecule has 1 heterocycles. The van der Waals surface area contributed by atoms with Crippen molar-refractivity contribution in [2.75, 3.05) is 0 Å². The molecule has 1 aromatic heterocycles. The van der Waals surface area contributed by atoms with E-state index < -0.39 is 0 Å². The minimum Gasteiger partial charge on any atom is -0.294 e. The Kier molecular flexibility index (Phi) is 2.33. The van der Waals surface area contributed by atoms with E-state index in [9.17, 15) is 4.79 Å². The fourth-order valence-electron chi connectivity index (χ4n) is 1.46. The molecule has 0 unspecified atom stereocenters. The lowest BCUT2D eigenvalue weighted by Crippen LogP contribution is -1.99. The third kappa shape index (κ3) is 1.79. The van der Waals surface area contributed by atoms with Crippen LogP contribution in [0, 0.1) is 13.8 Å². The molecule has 4 heteroatoms. The number of nitrogens with zero attached hydrogens (tertiary/aromatic N) is 3. The molecule has 1 aromatic carbocycles. The van der Waals surface area contributed by atoms with Gasteiger partial charge in [-0.1, -0.05) is 12.1 Å². The van der Waals surface area contributed by atoms with E-state index >= 15 is 0 Å². The van der Waals surface area contributed by atoms with Gasteiger partial charge in [0.2, 0.25) is 5.82 Å². The second kappa shape index (κ2) is 3.65. The van der Waals surface area contributed by atoms with E-state index in [0.29, 0.717) is 12.1 Å². The number of aryl methyl sites for hydroxylation is 2. The number of carbonyl (C=O) groups is 1. The van der Waals surface area contributed by atoms with Gasteiger partial charge in [0.1, 0.15) is 5.82 Å². The third-order valence-electron chi connectivity index (χ3n) is 2.14. The molecule has 4 nitrogen and oxygen atoms in total. The smallest absolute Gasteiger partial charge is 0.214 e. The number of hydrogen-bond donors (Lipinski definition) is 0. The molecular weight excluding hydrogens is 190 g/mol. The van der Waals surface area contributed by atoms with Gasteiger partial charge in [0.15, 0.2) is 6.29 Å². The van der Waals surface area contributed by atoms with Crippen LogP contribution in [0.2, 0.25) is 0 Å². The Morgan fingerprint density at radius 1 is 1.33 bits per heavy atom. The molecule has 0 aliphatic carbocycles. The van der Waals surface area contributed by atoms with Gasteiger partial charge in [0, 0.05) is 0 Å². The summed E-state index contributed by atoms with van der Waals surface area (Å²) in [7, 11) is 0. The van der Waals surface area contributed by atoms with E-state index in [-0.39, 0.29) is 5.82 Å². The van der Waals surface area contributed by atoms with Crippen molar-refractivity contribution in [1.82, 2.24) is 14.8 Å². The number of benzene rings is 1. The molecule has 76 valence electrons. The van der Waals surface area contributed by atoms with Crippen LogP contribution in [0.3, 0.4) is 0 Å². The number of carbonyl (C=O) groups excluding carboxylic acids is 1. The van der Waals surface area contributed by atoms with Crippen molar-refractivity contribution in [3.63, 3.8) is 0 Å². The van der Waals surface area contributed by atoms with Crippen molar-refractivity contribution in [3.05, 3.63) is 41.5 Å². The normalized spacial score (nSPS) is 10.3. The van der Waals surface area contributed by atoms with Crippen molar-refractivity contribution in [2.45, 2.75) is 13.8 Å². The highest BCUT2D eigenvalue weighted by atomic mass is 16.1. The molecule has 0 fully saturated rings. The van der Waals surface area contributed by atoms with Crippen LogP contribution >= 0.6 is 0 Å². The molecular formula is C11H11N3O. The Bertz CT molecular complexity index is 502. The third-order valence-corrected chi connectivity index (χ3v) is 2.14.